The van der Waals surface area contributed by atoms with Crippen molar-refractivity contribution >= 4 is 17.6 Å². The Hall–Kier alpha value is -2.68. The minimum Gasteiger partial charge on any atom is -0.495 e. The van der Waals surface area contributed by atoms with Gasteiger partial charge in [0.2, 0.25) is 0 Å². The Morgan fingerprint density at radius 1 is 0.957 bits per heavy atom. The van der Waals surface area contributed by atoms with Crippen molar-refractivity contribution in [1.82, 2.24) is 0 Å². The molecular formula is C20H18O3. The molecule has 0 unspecified atom stereocenters. The lowest BCUT2D eigenvalue weighted by molar-refractivity contribution is 0.0976. The van der Waals surface area contributed by atoms with E-state index >= 15 is 0 Å². The van der Waals surface area contributed by atoms with Crippen LogP contribution in [0, 0.1) is 0 Å². The molecule has 0 fully saturated rings. The van der Waals surface area contributed by atoms with Crippen LogP contribution in [0.25, 0.3) is 6.08 Å². The van der Waals surface area contributed by atoms with Crippen molar-refractivity contribution < 1.29 is 14.3 Å². The lowest BCUT2D eigenvalue weighted by Crippen LogP contribution is -2.22. The number of unbranched alkanes of at least 4 members (excludes halogenated alkanes) is 1. The van der Waals surface area contributed by atoms with E-state index in [4.69, 9.17) is 4.74 Å². The van der Waals surface area contributed by atoms with Crippen molar-refractivity contribution in [3.05, 3.63) is 70.3 Å². The molecule has 0 saturated carbocycles. The second-order valence-corrected chi connectivity index (χ2v) is 5.51. The van der Waals surface area contributed by atoms with E-state index in [0.29, 0.717) is 28.0 Å². The standard InChI is InChI=1S/C20H18O3/c1-3-4-5-8-13-11-12-16-17(20(13)23-2)19(22)15-10-7-6-9-14(15)18(16)21/h5-12H,3-4H2,1-2H3/b8-5-. The topological polar surface area (TPSA) is 43.4 Å². The van der Waals surface area contributed by atoms with Crippen LogP contribution in [-0.2, 0) is 0 Å². The summed E-state index contributed by atoms with van der Waals surface area (Å²) >= 11 is 0. The van der Waals surface area contributed by atoms with E-state index in [-0.39, 0.29) is 11.6 Å². The summed E-state index contributed by atoms with van der Waals surface area (Å²) in [6.45, 7) is 2.10. The van der Waals surface area contributed by atoms with Gasteiger partial charge in [0.25, 0.3) is 0 Å². The summed E-state index contributed by atoms with van der Waals surface area (Å²) < 4.78 is 5.48. The molecule has 3 heteroatoms. The molecule has 3 rings (SSSR count). The monoisotopic (exact) mass is 306 g/mol. The molecule has 2 aromatic rings. The highest BCUT2D eigenvalue weighted by Gasteiger charge is 2.32. The molecule has 0 spiro atoms. The van der Waals surface area contributed by atoms with Gasteiger partial charge in [-0.1, -0.05) is 55.8 Å². The second kappa shape index (κ2) is 6.21. The summed E-state index contributed by atoms with van der Waals surface area (Å²) in [6, 6.07) is 10.5. The Morgan fingerprint density at radius 3 is 2.30 bits per heavy atom. The highest BCUT2D eigenvalue weighted by molar-refractivity contribution is 6.29. The number of hydrogen-bond acceptors (Lipinski definition) is 3. The van der Waals surface area contributed by atoms with Crippen LogP contribution in [0.3, 0.4) is 0 Å². The van der Waals surface area contributed by atoms with Crippen molar-refractivity contribution in [1.29, 1.82) is 0 Å². The van der Waals surface area contributed by atoms with E-state index in [1.807, 2.05) is 18.2 Å². The molecule has 0 aromatic heterocycles. The lowest BCUT2D eigenvalue weighted by Gasteiger charge is -2.20. The molecule has 0 aliphatic heterocycles. The summed E-state index contributed by atoms with van der Waals surface area (Å²) in [5.74, 6) is 0.193. The second-order valence-electron chi connectivity index (χ2n) is 5.51. The van der Waals surface area contributed by atoms with Gasteiger partial charge in [-0.05, 0) is 12.5 Å². The van der Waals surface area contributed by atoms with E-state index in [1.165, 1.54) is 7.11 Å². The third kappa shape index (κ3) is 2.48. The number of carbonyl (C=O) groups is 2. The van der Waals surface area contributed by atoms with Crippen LogP contribution >= 0.6 is 0 Å². The average molecular weight is 306 g/mol. The number of ketones is 2. The zero-order valence-electron chi connectivity index (χ0n) is 13.3. The van der Waals surface area contributed by atoms with Crippen LogP contribution in [-0.4, -0.2) is 18.7 Å². The summed E-state index contributed by atoms with van der Waals surface area (Å²) in [4.78, 5) is 25.5. The first-order chi connectivity index (χ1) is 11.2. The van der Waals surface area contributed by atoms with Crippen molar-refractivity contribution in [3.8, 4) is 5.75 Å². The summed E-state index contributed by atoms with van der Waals surface area (Å²) in [5, 5.41) is 0. The minimum absolute atomic E-state index is 0.127. The van der Waals surface area contributed by atoms with E-state index < -0.39 is 0 Å². The molecule has 0 radical (unpaired) electrons. The van der Waals surface area contributed by atoms with Gasteiger partial charge >= 0.3 is 0 Å². The smallest absolute Gasteiger partial charge is 0.198 e. The predicted octanol–water partition coefficient (Wildman–Crippen LogP) is 4.28. The van der Waals surface area contributed by atoms with Gasteiger partial charge in [-0.15, -0.1) is 0 Å². The Morgan fingerprint density at radius 2 is 1.65 bits per heavy atom. The van der Waals surface area contributed by atoms with E-state index in [9.17, 15) is 9.59 Å². The van der Waals surface area contributed by atoms with Crippen molar-refractivity contribution in [2.24, 2.45) is 0 Å². The first kappa shape index (κ1) is 15.2. The highest BCUT2D eigenvalue weighted by Crippen LogP contribution is 2.36. The number of ether oxygens (including phenoxy) is 1. The van der Waals surface area contributed by atoms with E-state index in [0.717, 1.165) is 18.4 Å². The third-order valence-electron chi connectivity index (χ3n) is 4.03. The first-order valence-electron chi connectivity index (χ1n) is 7.75. The maximum absolute atomic E-state index is 12.9. The summed E-state index contributed by atoms with van der Waals surface area (Å²) in [7, 11) is 1.53. The number of methoxy groups -OCH3 is 1. The Kier molecular flexibility index (Phi) is 4.11. The van der Waals surface area contributed by atoms with Crippen LogP contribution in [0.5, 0.6) is 5.75 Å². The Labute approximate surface area is 135 Å². The number of rotatable bonds is 4. The molecule has 1 aliphatic carbocycles. The summed E-state index contributed by atoms with van der Waals surface area (Å²) in [5.41, 5.74) is 2.51. The first-order valence-corrected chi connectivity index (χ1v) is 7.75. The van der Waals surface area contributed by atoms with Gasteiger partial charge in [-0.3, -0.25) is 9.59 Å². The number of carbonyl (C=O) groups excluding carboxylic acids is 2. The van der Waals surface area contributed by atoms with Crippen molar-refractivity contribution in [3.63, 3.8) is 0 Å². The number of allylic oxidation sites excluding steroid dienone is 1. The molecule has 116 valence electrons. The molecule has 0 amide bonds. The van der Waals surface area contributed by atoms with Crippen LogP contribution < -0.4 is 4.74 Å². The van der Waals surface area contributed by atoms with Gasteiger partial charge in [0.15, 0.2) is 11.6 Å². The largest absolute Gasteiger partial charge is 0.495 e. The molecular weight excluding hydrogens is 288 g/mol. The van der Waals surface area contributed by atoms with Gasteiger partial charge < -0.3 is 4.74 Å². The maximum Gasteiger partial charge on any atom is 0.198 e. The van der Waals surface area contributed by atoms with Gasteiger partial charge in [0, 0.05) is 22.3 Å². The number of fused-ring (bicyclic) bond motifs is 2. The molecule has 0 N–H and O–H groups in total. The van der Waals surface area contributed by atoms with Gasteiger partial charge in [0.05, 0.1) is 12.7 Å². The van der Waals surface area contributed by atoms with Gasteiger partial charge in [-0.25, -0.2) is 0 Å². The fourth-order valence-electron chi connectivity index (χ4n) is 2.90. The molecule has 3 nitrogen and oxygen atoms in total. The van der Waals surface area contributed by atoms with Crippen LogP contribution in [0.15, 0.2) is 42.5 Å². The third-order valence-corrected chi connectivity index (χ3v) is 4.03. The Bertz CT molecular complexity index is 816. The van der Waals surface area contributed by atoms with E-state index in [1.54, 1.807) is 30.3 Å². The van der Waals surface area contributed by atoms with Crippen molar-refractivity contribution in [2.75, 3.05) is 7.11 Å². The molecule has 2 aromatic carbocycles. The van der Waals surface area contributed by atoms with Crippen LogP contribution in [0.2, 0.25) is 0 Å². The number of hydrogen-bond donors (Lipinski definition) is 0. The molecule has 23 heavy (non-hydrogen) atoms. The van der Waals surface area contributed by atoms with Gasteiger partial charge in [-0.2, -0.15) is 0 Å². The normalized spacial score (nSPS) is 13.1. The minimum atomic E-state index is -0.155. The molecule has 0 bridgehead atoms. The van der Waals surface area contributed by atoms with Crippen molar-refractivity contribution in [2.45, 2.75) is 19.8 Å². The van der Waals surface area contributed by atoms with Crippen LogP contribution in [0.1, 0.15) is 57.2 Å². The van der Waals surface area contributed by atoms with E-state index in [2.05, 4.69) is 6.92 Å². The SMILES string of the molecule is CCC/C=C\c1ccc2c(c1OC)C(=O)c1ccccc1C2=O. The quantitative estimate of drug-likeness (QED) is 0.722. The highest BCUT2D eigenvalue weighted by atomic mass is 16.5. The Balaban J connectivity index is 2.19. The molecule has 1 aliphatic rings. The van der Waals surface area contributed by atoms with Gasteiger partial charge in [0.1, 0.15) is 5.75 Å². The average Bonchev–Trinajstić information content (AvgIpc) is 2.59. The zero-order chi connectivity index (χ0) is 16.4. The van der Waals surface area contributed by atoms with Crippen LogP contribution in [0.4, 0.5) is 0 Å². The molecule has 0 saturated heterocycles. The molecule has 0 heterocycles. The molecule has 0 atom stereocenters. The fraction of sp³-hybridized carbons (Fsp3) is 0.200. The fourth-order valence-corrected chi connectivity index (χ4v) is 2.90. The summed E-state index contributed by atoms with van der Waals surface area (Å²) in [6.07, 6.45) is 6.00. The maximum atomic E-state index is 12.9. The number of benzene rings is 2. The lowest BCUT2D eigenvalue weighted by atomic mass is 9.82. The predicted molar refractivity (Wildman–Crippen MR) is 90.2 cm³/mol. The zero-order valence-corrected chi connectivity index (χ0v) is 13.3.